The summed E-state index contributed by atoms with van der Waals surface area (Å²) < 4.78 is 0. The van der Waals surface area contributed by atoms with Gasteiger partial charge in [-0.2, -0.15) is 0 Å². The summed E-state index contributed by atoms with van der Waals surface area (Å²) in [5.41, 5.74) is 1.49. The number of carbonyl (C=O) groups is 2. The van der Waals surface area contributed by atoms with Crippen LogP contribution in [0.2, 0.25) is 0 Å². The summed E-state index contributed by atoms with van der Waals surface area (Å²) in [6.07, 6.45) is 12.1. The van der Waals surface area contributed by atoms with Gasteiger partial charge in [-0.3, -0.25) is 4.79 Å². The molecule has 0 N–H and O–H groups in total. The van der Waals surface area contributed by atoms with E-state index in [-0.39, 0.29) is 5.78 Å². The van der Waals surface area contributed by atoms with Gasteiger partial charge < -0.3 is 4.84 Å². The second-order valence-electron chi connectivity index (χ2n) is 6.45. The van der Waals surface area contributed by atoms with Crippen molar-refractivity contribution in [2.24, 2.45) is 5.16 Å². The Balaban J connectivity index is 2.10. The number of unbranched alkanes of at least 4 members (excludes halogenated alkanes) is 3. The maximum Gasteiger partial charge on any atom is 0.365 e. The molecule has 1 aromatic carbocycles. The Morgan fingerprint density at radius 1 is 1.07 bits per heavy atom. The fraction of sp³-hybridized carbons (Fsp3) is 0.409. The van der Waals surface area contributed by atoms with Crippen LogP contribution in [-0.4, -0.2) is 23.7 Å². The molecule has 0 aromatic heterocycles. The fourth-order valence-corrected chi connectivity index (χ4v) is 3.32. The summed E-state index contributed by atoms with van der Waals surface area (Å²) in [6.45, 7) is 2.14. The SMILES string of the molecule is CCCCCC/C(=N\OC(=O)c1ccccc1)C(=O)C1=CC=C(SC)CC1. The highest BCUT2D eigenvalue weighted by Crippen LogP contribution is 2.26. The van der Waals surface area contributed by atoms with E-state index in [4.69, 9.17) is 4.84 Å². The number of Topliss-reactive ketones (excluding diaryl/α,β-unsaturated/α-hetero) is 1. The molecule has 1 aliphatic carbocycles. The average molecular weight is 386 g/mol. The summed E-state index contributed by atoms with van der Waals surface area (Å²) in [4.78, 5) is 31.4. The Bertz CT molecular complexity index is 735. The molecule has 144 valence electrons. The van der Waals surface area contributed by atoms with Gasteiger partial charge in [0.1, 0.15) is 5.71 Å². The number of nitrogens with zero attached hydrogens (tertiary/aromatic N) is 1. The number of hydrogen-bond donors (Lipinski definition) is 0. The minimum atomic E-state index is -0.545. The zero-order chi connectivity index (χ0) is 19.5. The predicted octanol–water partition coefficient (Wildman–Crippen LogP) is 5.71. The molecule has 0 bridgehead atoms. The first-order valence-electron chi connectivity index (χ1n) is 9.47. The molecule has 0 spiro atoms. The number of rotatable bonds is 10. The van der Waals surface area contributed by atoms with Crippen LogP contribution in [0.5, 0.6) is 0 Å². The van der Waals surface area contributed by atoms with Crippen LogP contribution in [0, 0.1) is 0 Å². The van der Waals surface area contributed by atoms with Gasteiger partial charge in [0.05, 0.1) is 5.56 Å². The average Bonchev–Trinajstić information content (AvgIpc) is 2.73. The highest BCUT2D eigenvalue weighted by molar-refractivity contribution is 8.02. The zero-order valence-corrected chi connectivity index (χ0v) is 16.9. The fourth-order valence-electron chi connectivity index (χ4n) is 2.81. The Morgan fingerprint density at radius 3 is 2.48 bits per heavy atom. The molecule has 0 amide bonds. The molecule has 0 fully saturated rings. The highest BCUT2D eigenvalue weighted by atomic mass is 32.2. The molecule has 0 aliphatic heterocycles. The van der Waals surface area contributed by atoms with Crippen molar-refractivity contribution in [3.8, 4) is 0 Å². The van der Waals surface area contributed by atoms with Crippen LogP contribution < -0.4 is 0 Å². The molecular weight excluding hydrogens is 358 g/mol. The molecule has 0 atom stereocenters. The van der Waals surface area contributed by atoms with Gasteiger partial charge in [-0.05, 0) is 49.0 Å². The van der Waals surface area contributed by atoms with Gasteiger partial charge in [0.2, 0.25) is 5.78 Å². The van der Waals surface area contributed by atoms with E-state index in [0.717, 1.165) is 37.7 Å². The number of hydrogen-bond acceptors (Lipinski definition) is 5. The predicted molar refractivity (Wildman–Crippen MR) is 112 cm³/mol. The quantitative estimate of drug-likeness (QED) is 0.224. The Hall–Kier alpha value is -2.14. The minimum absolute atomic E-state index is 0.108. The van der Waals surface area contributed by atoms with Crippen molar-refractivity contribution in [2.45, 2.75) is 51.9 Å². The molecule has 2 rings (SSSR count). The van der Waals surface area contributed by atoms with E-state index in [1.807, 2.05) is 24.5 Å². The summed E-state index contributed by atoms with van der Waals surface area (Å²) in [5, 5.41) is 3.96. The molecule has 1 aromatic rings. The van der Waals surface area contributed by atoms with Crippen LogP contribution in [0.1, 0.15) is 62.2 Å². The van der Waals surface area contributed by atoms with Crippen LogP contribution in [0.15, 0.2) is 58.1 Å². The van der Waals surface area contributed by atoms with Crippen molar-refractivity contribution in [3.63, 3.8) is 0 Å². The van der Waals surface area contributed by atoms with Crippen molar-refractivity contribution in [1.82, 2.24) is 0 Å². The van der Waals surface area contributed by atoms with Gasteiger partial charge >= 0.3 is 5.97 Å². The third-order valence-electron chi connectivity index (χ3n) is 4.44. The van der Waals surface area contributed by atoms with Crippen molar-refractivity contribution in [1.29, 1.82) is 0 Å². The van der Waals surface area contributed by atoms with Crippen molar-refractivity contribution < 1.29 is 14.4 Å². The van der Waals surface area contributed by atoms with Crippen molar-refractivity contribution in [3.05, 3.63) is 58.5 Å². The highest BCUT2D eigenvalue weighted by Gasteiger charge is 2.20. The van der Waals surface area contributed by atoms with Crippen LogP contribution in [0.3, 0.4) is 0 Å². The summed E-state index contributed by atoms with van der Waals surface area (Å²) in [5.74, 6) is -0.652. The molecule has 4 nitrogen and oxygen atoms in total. The lowest BCUT2D eigenvalue weighted by Crippen LogP contribution is -2.19. The van der Waals surface area contributed by atoms with Gasteiger partial charge in [0, 0.05) is 5.57 Å². The summed E-state index contributed by atoms with van der Waals surface area (Å²) in [6, 6.07) is 8.69. The van der Waals surface area contributed by atoms with Crippen molar-refractivity contribution >= 4 is 29.2 Å². The minimum Gasteiger partial charge on any atom is -0.312 e. The van der Waals surface area contributed by atoms with Crippen molar-refractivity contribution in [2.75, 3.05) is 6.26 Å². The third kappa shape index (κ3) is 6.83. The van der Waals surface area contributed by atoms with Crippen LogP contribution in [-0.2, 0) is 9.63 Å². The molecule has 27 heavy (non-hydrogen) atoms. The number of oxime groups is 1. The summed E-state index contributed by atoms with van der Waals surface area (Å²) in [7, 11) is 0. The van der Waals surface area contributed by atoms with E-state index in [1.165, 1.54) is 4.91 Å². The molecule has 0 saturated carbocycles. The Kier molecular flexibility index (Phi) is 9.05. The maximum absolute atomic E-state index is 12.9. The van der Waals surface area contributed by atoms with Crippen LogP contribution in [0.25, 0.3) is 0 Å². The second kappa shape index (κ2) is 11.5. The largest absolute Gasteiger partial charge is 0.365 e. The molecule has 1 aliphatic rings. The molecule has 0 saturated heterocycles. The lowest BCUT2D eigenvalue weighted by molar-refractivity contribution is -0.110. The summed E-state index contributed by atoms with van der Waals surface area (Å²) >= 11 is 1.70. The molecule has 0 radical (unpaired) electrons. The van der Waals surface area contributed by atoms with Gasteiger partial charge in [-0.15, -0.1) is 11.8 Å². The standard InChI is InChI=1S/C22H27NO3S/c1-3-4-5-9-12-20(21(24)17-13-15-19(27-2)16-14-17)23-26-22(25)18-10-7-6-8-11-18/h6-8,10-11,13,15H,3-5,9,12,14,16H2,1-2H3/b23-20+. The van der Waals surface area contributed by atoms with Gasteiger partial charge in [-0.25, -0.2) is 4.79 Å². The molecule has 0 heterocycles. The number of ketones is 1. The van der Waals surface area contributed by atoms with E-state index >= 15 is 0 Å². The first kappa shape index (κ1) is 21.2. The Morgan fingerprint density at radius 2 is 1.85 bits per heavy atom. The maximum atomic E-state index is 12.9. The lowest BCUT2D eigenvalue weighted by Gasteiger charge is -2.13. The first-order valence-corrected chi connectivity index (χ1v) is 10.7. The van der Waals surface area contributed by atoms with E-state index in [1.54, 1.807) is 36.0 Å². The normalized spacial score (nSPS) is 14.4. The first-order chi connectivity index (χ1) is 13.2. The van der Waals surface area contributed by atoms with Crippen LogP contribution >= 0.6 is 11.8 Å². The van der Waals surface area contributed by atoms with E-state index in [2.05, 4.69) is 12.1 Å². The topological polar surface area (TPSA) is 55.7 Å². The monoisotopic (exact) mass is 385 g/mol. The van der Waals surface area contributed by atoms with Gasteiger partial charge in [-0.1, -0.05) is 61.7 Å². The van der Waals surface area contributed by atoms with Gasteiger partial charge in [0.25, 0.3) is 0 Å². The number of allylic oxidation sites excluding steroid dienone is 4. The number of benzene rings is 1. The third-order valence-corrected chi connectivity index (χ3v) is 5.31. The van der Waals surface area contributed by atoms with E-state index in [9.17, 15) is 9.59 Å². The van der Waals surface area contributed by atoms with E-state index < -0.39 is 5.97 Å². The van der Waals surface area contributed by atoms with Crippen LogP contribution in [0.4, 0.5) is 0 Å². The van der Waals surface area contributed by atoms with Gasteiger partial charge in [0.15, 0.2) is 0 Å². The molecular formula is C22H27NO3S. The second-order valence-corrected chi connectivity index (χ2v) is 7.38. The number of thioether (sulfide) groups is 1. The Labute approximate surface area is 165 Å². The number of carbonyl (C=O) groups excluding carboxylic acids is 2. The lowest BCUT2D eigenvalue weighted by atomic mass is 9.95. The van der Waals surface area contributed by atoms with E-state index in [0.29, 0.717) is 24.1 Å². The molecule has 5 heteroatoms. The smallest absolute Gasteiger partial charge is 0.312 e. The molecule has 0 unspecified atom stereocenters. The zero-order valence-electron chi connectivity index (χ0n) is 16.1.